The molecule has 0 fully saturated rings. The molecule has 0 spiro atoms. The lowest BCUT2D eigenvalue weighted by Crippen LogP contribution is -2.33. The monoisotopic (exact) mass is 672 g/mol. The molecule has 6 heteroatoms. The first kappa shape index (κ1) is 28.3. The molecule has 51 heavy (non-hydrogen) atoms. The minimum absolute atomic E-state index is 0.279. The number of rotatable bonds is 4. The normalized spacial score (nSPS) is 14.9. The van der Waals surface area contributed by atoms with Crippen LogP contribution in [0.4, 0.5) is 0 Å². The number of nitrogens with zero attached hydrogens (tertiary/aromatic N) is 3. The standard InChI is InChI=1S/C45H28N4OS/c1-3-12-27(13-4-1)43-46-44(28-14-5-2-6-15-28)48-45(47-43)33-18-11-21-38-42(33)35-25-34-32-23-22-29(24-40(32)51-41(34)26-39(35)50-38)49-36-19-9-7-16-30(36)31-17-8-10-20-37(31)49/h1-26,43H,(H,46,47,48). The molecule has 0 amide bonds. The zero-order valence-corrected chi connectivity index (χ0v) is 28.1. The number of benzene rings is 7. The maximum Gasteiger partial charge on any atom is 0.159 e. The highest BCUT2D eigenvalue weighted by Crippen LogP contribution is 2.42. The first-order chi connectivity index (χ1) is 25.3. The number of amidine groups is 2. The van der Waals surface area contributed by atoms with Gasteiger partial charge >= 0.3 is 0 Å². The van der Waals surface area contributed by atoms with Crippen LogP contribution in [-0.4, -0.2) is 16.2 Å². The van der Waals surface area contributed by atoms with Crippen LogP contribution in [0.15, 0.2) is 172 Å². The van der Waals surface area contributed by atoms with Gasteiger partial charge in [-0.3, -0.25) is 0 Å². The lowest BCUT2D eigenvalue weighted by atomic mass is 10.0. The Bertz CT molecular complexity index is 3010. The van der Waals surface area contributed by atoms with Crippen LogP contribution >= 0.6 is 11.3 Å². The fraction of sp³-hybridized carbons (Fsp3) is 0.0222. The summed E-state index contributed by atoms with van der Waals surface area (Å²) in [6.45, 7) is 0. The SMILES string of the molecule is c1ccc(C2=NC(c3ccccc3)NC(c3cccc4oc5cc6sc7cc(-n8c9ccccc9c9ccccc98)ccc7c6cc5c34)=N2)cc1. The van der Waals surface area contributed by atoms with Crippen LogP contribution in [0.1, 0.15) is 22.9 Å². The molecule has 5 nitrogen and oxygen atoms in total. The molecular weight excluding hydrogens is 645 g/mol. The summed E-state index contributed by atoms with van der Waals surface area (Å²) < 4.78 is 11.4. The Morgan fingerprint density at radius 2 is 1.27 bits per heavy atom. The van der Waals surface area contributed by atoms with E-state index in [1.54, 1.807) is 0 Å². The lowest BCUT2D eigenvalue weighted by molar-refractivity contribution is 0.668. The van der Waals surface area contributed by atoms with E-state index in [2.05, 4.69) is 119 Å². The highest BCUT2D eigenvalue weighted by molar-refractivity contribution is 7.25. The van der Waals surface area contributed by atoms with E-state index in [0.29, 0.717) is 5.84 Å². The molecule has 0 saturated carbocycles. The number of nitrogens with one attached hydrogen (secondary N) is 1. The molecule has 1 atom stereocenters. The summed E-state index contributed by atoms with van der Waals surface area (Å²) in [5.74, 6) is 1.48. The summed E-state index contributed by atoms with van der Waals surface area (Å²) in [6, 6.07) is 55.5. The molecule has 0 saturated heterocycles. The van der Waals surface area contributed by atoms with Crippen molar-refractivity contribution in [3.05, 3.63) is 174 Å². The fourth-order valence-corrected chi connectivity index (χ4v) is 8.88. The van der Waals surface area contributed by atoms with Gasteiger partial charge in [-0.15, -0.1) is 11.3 Å². The average Bonchev–Trinajstić information content (AvgIpc) is 3.86. The van der Waals surface area contributed by atoms with Crippen molar-refractivity contribution in [2.75, 3.05) is 0 Å². The number of hydrogen-bond acceptors (Lipinski definition) is 5. The van der Waals surface area contributed by atoms with Gasteiger partial charge in [0, 0.05) is 58.5 Å². The van der Waals surface area contributed by atoms with E-state index >= 15 is 0 Å². The quantitative estimate of drug-likeness (QED) is 0.202. The Kier molecular flexibility index (Phi) is 6.12. The van der Waals surface area contributed by atoms with Crippen molar-refractivity contribution in [1.82, 2.24) is 9.88 Å². The van der Waals surface area contributed by atoms with E-state index < -0.39 is 0 Å². The van der Waals surface area contributed by atoms with Crippen LogP contribution in [0.3, 0.4) is 0 Å². The number of furan rings is 1. The van der Waals surface area contributed by atoms with Gasteiger partial charge in [-0.1, -0.05) is 115 Å². The third kappa shape index (κ3) is 4.40. The van der Waals surface area contributed by atoms with Gasteiger partial charge in [0.2, 0.25) is 0 Å². The molecule has 1 N–H and O–H groups in total. The summed E-state index contributed by atoms with van der Waals surface area (Å²) in [5.41, 5.74) is 8.34. The van der Waals surface area contributed by atoms with Crippen molar-refractivity contribution in [1.29, 1.82) is 0 Å². The molecule has 4 heterocycles. The predicted octanol–water partition coefficient (Wildman–Crippen LogP) is 11.5. The average molecular weight is 673 g/mol. The van der Waals surface area contributed by atoms with Crippen molar-refractivity contribution in [2.24, 2.45) is 9.98 Å². The number of aliphatic imine (C=N–C) groups is 2. The molecule has 240 valence electrons. The van der Waals surface area contributed by atoms with Gasteiger partial charge in [-0.05, 0) is 48.0 Å². The Morgan fingerprint density at radius 1 is 0.569 bits per heavy atom. The summed E-state index contributed by atoms with van der Waals surface area (Å²) in [5, 5.41) is 10.8. The molecule has 11 rings (SSSR count). The molecule has 0 bridgehead atoms. The number of para-hydroxylation sites is 2. The number of thiophene rings is 1. The van der Waals surface area contributed by atoms with Gasteiger partial charge in [-0.25, -0.2) is 9.98 Å². The number of fused-ring (bicyclic) bond motifs is 9. The van der Waals surface area contributed by atoms with E-state index in [1.807, 2.05) is 59.9 Å². The lowest BCUT2D eigenvalue weighted by Gasteiger charge is -2.24. The molecule has 3 aromatic heterocycles. The van der Waals surface area contributed by atoms with E-state index in [1.165, 1.54) is 42.0 Å². The summed E-state index contributed by atoms with van der Waals surface area (Å²) in [7, 11) is 0. The van der Waals surface area contributed by atoms with Crippen LogP contribution in [0.2, 0.25) is 0 Å². The smallest absolute Gasteiger partial charge is 0.159 e. The second kappa shape index (κ2) is 11.0. The van der Waals surface area contributed by atoms with Crippen molar-refractivity contribution in [2.45, 2.75) is 6.17 Å². The Balaban J connectivity index is 1.08. The minimum Gasteiger partial charge on any atom is -0.456 e. The van der Waals surface area contributed by atoms with Crippen LogP contribution in [-0.2, 0) is 0 Å². The molecule has 1 unspecified atom stereocenters. The van der Waals surface area contributed by atoms with E-state index in [4.69, 9.17) is 14.4 Å². The molecule has 7 aromatic carbocycles. The second-order valence-corrected chi connectivity index (χ2v) is 14.1. The highest BCUT2D eigenvalue weighted by atomic mass is 32.1. The van der Waals surface area contributed by atoms with Crippen molar-refractivity contribution in [3.8, 4) is 5.69 Å². The van der Waals surface area contributed by atoms with Gasteiger partial charge in [0.1, 0.15) is 23.2 Å². The topological polar surface area (TPSA) is 54.8 Å². The fourth-order valence-electron chi connectivity index (χ4n) is 7.73. The van der Waals surface area contributed by atoms with Crippen molar-refractivity contribution >= 4 is 86.9 Å². The predicted molar refractivity (Wildman–Crippen MR) is 213 cm³/mol. The van der Waals surface area contributed by atoms with Crippen LogP contribution < -0.4 is 5.32 Å². The van der Waals surface area contributed by atoms with E-state index in [9.17, 15) is 0 Å². The van der Waals surface area contributed by atoms with E-state index in [0.717, 1.165) is 50.2 Å². The van der Waals surface area contributed by atoms with Gasteiger partial charge in [0.05, 0.1) is 11.0 Å². The Morgan fingerprint density at radius 3 is 2.06 bits per heavy atom. The molecule has 1 aliphatic rings. The van der Waals surface area contributed by atoms with Crippen molar-refractivity contribution < 1.29 is 4.42 Å². The maximum absolute atomic E-state index is 6.58. The minimum atomic E-state index is -0.279. The van der Waals surface area contributed by atoms with E-state index in [-0.39, 0.29) is 6.17 Å². The molecule has 1 aliphatic heterocycles. The van der Waals surface area contributed by atoms with Gasteiger partial charge in [0.25, 0.3) is 0 Å². The zero-order chi connectivity index (χ0) is 33.5. The highest BCUT2D eigenvalue weighted by Gasteiger charge is 2.24. The summed E-state index contributed by atoms with van der Waals surface area (Å²) >= 11 is 1.81. The summed E-state index contributed by atoms with van der Waals surface area (Å²) in [4.78, 5) is 10.2. The van der Waals surface area contributed by atoms with Crippen LogP contribution in [0.5, 0.6) is 0 Å². The zero-order valence-electron chi connectivity index (χ0n) is 27.2. The van der Waals surface area contributed by atoms with Gasteiger partial charge in [-0.2, -0.15) is 0 Å². The van der Waals surface area contributed by atoms with Gasteiger partial charge < -0.3 is 14.3 Å². The first-order valence-corrected chi connectivity index (χ1v) is 17.9. The third-order valence-electron chi connectivity index (χ3n) is 10.1. The number of hydrogen-bond donors (Lipinski definition) is 1. The van der Waals surface area contributed by atoms with Crippen LogP contribution in [0, 0.1) is 0 Å². The largest absolute Gasteiger partial charge is 0.456 e. The molecule has 0 aliphatic carbocycles. The Hall–Kier alpha value is -6.50. The number of aromatic nitrogens is 1. The van der Waals surface area contributed by atoms with Gasteiger partial charge in [0.15, 0.2) is 5.84 Å². The van der Waals surface area contributed by atoms with Crippen molar-refractivity contribution in [3.63, 3.8) is 0 Å². The maximum atomic E-state index is 6.58. The Labute approximate surface area is 296 Å². The molecular formula is C45H28N4OS. The second-order valence-electron chi connectivity index (χ2n) is 13.0. The van der Waals surface area contributed by atoms with Crippen LogP contribution in [0.25, 0.3) is 69.6 Å². The molecule has 0 radical (unpaired) electrons. The molecule has 10 aromatic rings. The third-order valence-corrected chi connectivity index (χ3v) is 11.2. The first-order valence-electron chi connectivity index (χ1n) is 17.1. The summed E-state index contributed by atoms with van der Waals surface area (Å²) in [6.07, 6.45) is -0.279.